The summed E-state index contributed by atoms with van der Waals surface area (Å²) in [6.07, 6.45) is 1.23. The Morgan fingerprint density at radius 2 is 1.78 bits per heavy atom. The highest BCUT2D eigenvalue weighted by Gasteiger charge is 2.36. The van der Waals surface area contributed by atoms with E-state index in [0.717, 1.165) is 4.90 Å². The fourth-order valence-electron chi connectivity index (χ4n) is 2.49. The minimum Gasteiger partial charge on any atom is -0.508 e. The third-order valence-corrected chi connectivity index (χ3v) is 4.08. The lowest BCUT2D eigenvalue weighted by atomic mass is 10.1. The van der Waals surface area contributed by atoms with Crippen LogP contribution in [0.1, 0.15) is 5.56 Å². The molecule has 8 nitrogen and oxygen atoms in total. The first-order valence-electron chi connectivity index (χ1n) is 7.59. The number of benzene rings is 2. The van der Waals surface area contributed by atoms with Gasteiger partial charge in [-0.2, -0.15) is 0 Å². The van der Waals surface area contributed by atoms with Crippen molar-refractivity contribution in [2.75, 3.05) is 12.0 Å². The molecule has 0 atom stereocenters. The van der Waals surface area contributed by atoms with Crippen molar-refractivity contribution in [1.29, 1.82) is 0 Å². The van der Waals surface area contributed by atoms with E-state index >= 15 is 0 Å². The van der Waals surface area contributed by atoms with Crippen LogP contribution >= 0.6 is 11.6 Å². The van der Waals surface area contributed by atoms with Gasteiger partial charge in [-0.1, -0.05) is 11.6 Å². The summed E-state index contributed by atoms with van der Waals surface area (Å²) in [5.41, 5.74) is 0.176. The lowest BCUT2D eigenvalue weighted by Crippen LogP contribution is -2.54. The molecule has 4 amide bonds. The summed E-state index contributed by atoms with van der Waals surface area (Å²) in [6.45, 7) is 0. The van der Waals surface area contributed by atoms with Gasteiger partial charge in [0.15, 0.2) is 11.5 Å². The van der Waals surface area contributed by atoms with Crippen molar-refractivity contribution in [3.05, 3.63) is 52.6 Å². The number of nitrogens with one attached hydrogen (secondary N) is 1. The number of hydrogen-bond donors (Lipinski definition) is 3. The Balaban J connectivity index is 2.04. The molecule has 9 heteroatoms. The third kappa shape index (κ3) is 3.42. The van der Waals surface area contributed by atoms with Crippen molar-refractivity contribution in [1.82, 2.24) is 5.32 Å². The van der Waals surface area contributed by atoms with Gasteiger partial charge < -0.3 is 14.9 Å². The zero-order valence-electron chi connectivity index (χ0n) is 13.9. The summed E-state index contributed by atoms with van der Waals surface area (Å²) in [5.74, 6) is -1.98. The number of methoxy groups -OCH3 is 1. The van der Waals surface area contributed by atoms with E-state index in [0.29, 0.717) is 5.56 Å². The highest BCUT2D eigenvalue weighted by Crippen LogP contribution is 2.36. The van der Waals surface area contributed by atoms with Gasteiger partial charge in [-0.05, 0) is 48.0 Å². The molecule has 0 aliphatic carbocycles. The molecule has 0 radical (unpaired) electrons. The van der Waals surface area contributed by atoms with Gasteiger partial charge in [-0.15, -0.1) is 0 Å². The van der Waals surface area contributed by atoms with Crippen LogP contribution in [-0.4, -0.2) is 35.2 Å². The number of phenolic OH excluding ortho intramolecular Hbond substituents is 2. The number of carbonyl (C=O) groups excluding carboxylic acids is 3. The largest absolute Gasteiger partial charge is 0.508 e. The molecule has 0 spiro atoms. The molecule has 1 heterocycles. The van der Waals surface area contributed by atoms with E-state index < -0.39 is 17.8 Å². The van der Waals surface area contributed by atoms with Crippen LogP contribution in [0, 0.1) is 0 Å². The van der Waals surface area contributed by atoms with Gasteiger partial charge in [0.2, 0.25) is 0 Å². The van der Waals surface area contributed by atoms with E-state index in [-0.39, 0.29) is 33.5 Å². The van der Waals surface area contributed by atoms with Gasteiger partial charge in [-0.25, -0.2) is 9.69 Å². The number of anilines is 1. The summed E-state index contributed by atoms with van der Waals surface area (Å²) in [5, 5.41) is 21.2. The SMILES string of the molecule is COc1cc(C=C2C(=O)NC(=O)N(c3ccc(O)cc3)C2=O)cc(Cl)c1O. The van der Waals surface area contributed by atoms with Gasteiger partial charge in [0.05, 0.1) is 17.8 Å². The molecule has 3 N–H and O–H groups in total. The Labute approximate surface area is 158 Å². The van der Waals surface area contributed by atoms with E-state index in [4.69, 9.17) is 16.3 Å². The van der Waals surface area contributed by atoms with Crippen LogP contribution < -0.4 is 15.0 Å². The highest BCUT2D eigenvalue weighted by molar-refractivity contribution is 6.39. The molecule has 0 saturated carbocycles. The Morgan fingerprint density at radius 1 is 1.11 bits per heavy atom. The number of ether oxygens (including phenoxy) is 1. The maximum atomic E-state index is 12.7. The van der Waals surface area contributed by atoms with Crippen LogP contribution in [0.15, 0.2) is 42.0 Å². The molecule has 2 aromatic rings. The fourth-order valence-corrected chi connectivity index (χ4v) is 2.71. The number of aromatic hydroxyl groups is 2. The molecule has 3 rings (SSSR count). The highest BCUT2D eigenvalue weighted by atomic mass is 35.5. The summed E-state index contributed by atoms with van der Waals surface area (Å²) < 4.78 is 4.99. The van der Waals surface area contributed by atoms with Crippen molar-refractivity contribution in [3.8, 4) is 17.2 Å². The zero-order chi connectivity index (χ0) is 19.7. The van der Waals surface area contributed by atoms with Gasteiger partial charge in [0.25, 0.3) is 11.8 Å². The van der Waals surface area contributed by atoms with Crippen LogP contribution in [0.5, 0.6) is 17.2 Å². The summed E-state index contributed by atoms with van der Waals surface area (Å²) in [6, 6.07) is 7.15. The van der Waals surface area contributed by atoms with E-state index in [2.05, 4.69) is 5.32 Å². The molecule has 27 heavy (non-hydrogen) atoms. The average Bonchev–Trinajstić information content (AvgIpc) is 2.62. The van der Waals surface area contributed by atoms with E-state index in [9.17, 15) is 24.6 Å². The molecule has 0 unspecified atom stereocenters. The van der Waals surface area contributed by atoms with Crippen molar-refractivity contribution in [2.24, 2.45) is 0 Å². The number of nitrogens with zero attached hydrogens (tertiary/aromatic N) is 1. The number of hydrogen-bond acceptors (Lipinski definition) is 6. The average molecular weight is 389 g/mol. The maximum Gasteiger partial charge on any atom is 0.335 e. The van der Waals surface area contributed by atoms with Gasteiger partial charge >= 0.3 is 6.03 Å². The van der Waals surface area contributed by atoms with Gasteiger partial charge in [-0.3, -0.25) is 14.9 Å². The zero-order valence-corrected chi connectivity index (χ0v) is 14.6. The predicted octanol–water partition coefficient (Wildman–Crippen LogP) is 2.43. The Hall–Kier alpha value is -3.52. The Kier molecular flexibility index (Phi) is 4.74. The molecule has 1 aliphatic rings. The second-order valence-corrected chi connectivity index (χ2v) is 5.94. The summed E-state index contributed by atoms with van der Waals surface area (Å²) >= 11 is 5.92. The Bertz CT molecular complexity index is 984. The molecule has 1 fully saturated rings. The van der Waals surface area contributed by atoms with Crippen LogP contribution in [0.2, 0.25) is 5.02 Å². The number of phenols is 2. The first-order chi connectivity index (χ1) is 12.8. The number of halogens is 1. The maximum absolute atomic E-state index is 12.7. The topological polar surface area (TPSA) is 116 Å². The normalized spacial score (nSPS) is 15.9. The predicted molar refractivity (Wildman–Crippen MR) is 96.8 cm³/mol. The van der Waals surface area contributed by atoms with Crippen molar-refractivity contribution in [2.45, 2.75) is 0 Å². The van der Waals surface area contributed by atoms with Crippen LogP contribution in [0.4, 0.5) is 10.5 Å². The number of barbiturate groups is 1. The summed E-state index contributed by atoms with van der Waals surface area (Å²) in [4.78, 5) is 37.8. The minimum atomic E-state index is -0.908. The molecule has 138 valence electrons. The number of urea groups is 1. The minimum absolute atomic E-state index is 0.0312. The first-order valence-corrected chi connectivity index (χ1v) is 7.96. The number of carbonyl (C=O) groups is 3. The standard InChI is InChI=1S/C18H13ClN2O6/c1-27-14-8-9(7-13(19)15(14)23)6-12-16(24)20-18(26)21(17(12)25)10-2-4-11(22)5-3-10/h2-8,22-23H,1H3,(H,20,24,26). The fraction of sp³-hybridized carbons (Fsp3) is 0.0556. The molecular weight excluding hydrogens is 376 g/mol. The molecule has 2 aromatic carbocycles. The molecule has 0 bridgehead atoms. The van der Waals surface area contributed by atoms with Gasteiger partial charge in [0, 0.05) is 0 Å². The van der Waals surface area contributed by atoms with Crippen molar-refractivity contribution in [3.63, 3.8) is 0 Å². The molecule has 1 saturated heterocycles. The first kappa shape index (κ1) is 18.3. The van der Waals surface area contributed by atoms with Gasteiger partial charge in [0.1, 0.15) is 11.3 Å². The lowest BCUT2D eigenvalue weighted by molar-refractivity contribution is -0.122. The van der Waals surface area contributed by atoms with E-state index in [1.54, 1.807) is 0 Å². The quantitative estimate of drug-likeness (QED) is 0.549. The van der Waals surface area contributed by atoms with Crippen LogP contribution in [0.3, 0.4) is 0 Å². The van der Waals surface area contributed by atoms with E-state index in [1.807, 2.05) is 0 Å². The van der Waals surface area contributed by atoms with Crippen molar-refractivity contribution >= 4 is 41.2 Å². The third-order valence-electron chi connectivity index (χ3n) is 3.79. The number of rotatable bonds is 3. The molecule has 1 aliphatic heterocycles. The second-order valence-electron chi connectivity index (χ2n) is 5.53. The number of amides is 4. The Morgan fingerprint density at radius 3 is 2.41 bits per heavy atom. The monoisotopic (exact) mass is 388 g/mol. The second kappa shape index (κ2) is 7.00. The van der Waals surface area contributed by atoms with Crippen LogP contribution in [-0.2, 0) is 9.59 Å². The smallest absolute Gasteiger partial charge is 0.335 e. The number of imide groups is 2. The molecule has 0 aromatic heterocycles. The van der Waals surface area contributed by atoms with Crippen molar-refractivity contribution < 1.29 is 29.3 Å². The summed E-state index contributed by atoms with van der Waals surface area (Å²) in [7, 11) is 1.33. The van der Waals surface area contributed by atoms with E-state index in [1.165, 1.54) is 49.6 Å². The van der Waals surface area contributed by atoms with Crippen LogP contribution in [0.25, 0.3) is 6.08 Å². The molecular formula is C18H13ClN2O6. The lowest BCUT2D eigenvalue weighted by Gasteiger charge is -2.26.